The molecule has 0 bridgehead atoms. The van der Waals surface area contributed by atoms with Crippen LogP contribution in [0.15, 0.2) is 24.3 Å². The quantitative estimate of drug-likeness (QED) is 0.844. The molecule has 94 valence electrons. The fourth-order valence-electron chi connectivity index (χ4n) is 2.96. The van der Waals surface area contributed by atoms with Crippen molar-refractivity contribution in [3.63, 3.8) is 0 Å². The summed E-state index contributed by atoms with van der Waals surface area (Å²) in [6.07, 6.45) is 2.23. The van der Waals surface area contributed by atoms with Gasteiger partial charge in [0.15, 0.2) is 0 Å². The minimum Gasteiger partial charge on any atom is -0.316 e. The Morgan fingerprint density at radius 3 is 2.82 bits per heavy atom. The second kappa shape index (κ2) is 5.63. The summed E-state index contributed by atoms with van der Waals surface area (Å²) >= 11 is 0. The first-order valence-corrected chi connectivity index (χ1v) is 6.63. The number of nitrogens with one attached hydrogen (secondary N) is 1. The zero-order valence-electron chi connectivity index (χ0n) is 10.7. The molecule has 1 aromatic carbocycles. The highest BCUT2D eigenvalue weighted by Crippen LogP contribution is 2.35. The number of halogens is 1. The van der Waals surface area contributed by atoms with Crippen molar-refractivity contribution in [1.82, 2.24) is 5.32 Å². The maximum absolute atomic E-state index is 13.9. The van der Waals surface area contributed by atoms with Crippen LogP contribution in [0.1, 0.15) is 38.2 Å². The number of rotatable bonds is 3. The fourth-order valence-corrected chi connectivity index (χ4v) is 2.96. The van der Waals surface area contributed by atoms with Crippen LogP contribution in [0.25, 0.3) is 0 Å². The van der Waals surface area contributed by atoms with Crippen molar-refractivity contribution in [3.8, 4) is 0 Å². The first-order chi connectivity index (χ1) is 8.18. The van der Waals surface area contributed by atoms with Crippen molar-refractivity contribution in [3.05, 3.63) is 35.6 Å². The Bertz CT molecular complexity index is 362. The van der Waals surface area contributed by atoms with E-state index in [0.717, 1.165) is 25.1 Å². The van der Waals surface area contributed by atoms with Gasteiger partial charge in [-0.25, -0.2) is 4.39 Å². The topological polar surface area (TPSA) is 12.0 Å². The summed E-state index contributed by atoms with van der Waals surface area (Å²) in [5.41, 5.74) is 0.916. The Balaban J connectivity index is 2.19. The third kappa shape index (κ3) is 3.06. The highest BCUT2D eigenvalue weighted by Gasteiger charge is 2.28. The molecule has 0 radical (unpaired) electrons. The lowest BCUT2D eigenvalue weighted by Crippen LogP contribution is -2.36. The molecule has 2 heteroatoms. The molecule has 1 nitrogen and oxygen atoms in total. The van der Waals surface area contributed by atoms with Gasteiger partial charge in [0, 0.05) is 0 Å². The number of benzene rings is 1. The summed E-state index contributed by atoms with van der Waals surface area (Å²) in [5, 5.41) is 3.44. The van der Waals surface area contributed by atoms with Gasteiger partial charge in [0.2, 0.25) is 0 Å². The second-order valence-corrected chi connectivity index (χ2v) is 5.51. The molecular weight excluding hydrogens is 213 g/mol. The summed E-state index contributed by atoms with van der Waals surface area (Å²) in [6, 6.07) is 7.27. The molecule has 0 aliphatic carbocycles. The largest absolute Gasteiger partial charge is 0.316 e. The lowest BCUT2D eigenvalue weighted by molar-refractivity contribution is 0.275. The van der Waals surface area contributed by atoms with E-state index >= 15 is 0 Å². The van der Waals surface area contributed by atoms with Crippen molar-refractivity contribution in [2.45, 2.75) is 32.6 Å². The highest BCUT2D eigenvalue weighted by atomic mass is 19.1. The van der Waals surface area contributed by atoms with Gasteiger partial charge in [-0.1, -0.05) is 32.0 Å². The Morgan fingerprint density at radius 1 is 1.35 bits per heavy atom. The van der Waals surface area contributed by atoms with Crippen LogP contribution in [0.4, 0.5) is 4.39 Å². The van der Waals surface area contributed by atoms with Crippen LogP contribution in [-0.4, -0.2) is 13.1 Å². The second-order valence-electron chi connectivity index (χ2n) is 5.51. The molecule has 1 N–H and O–H groups in total. The maximum Gasteiger partial charge on any atom is 0.126 e. The molecule has 2 unspecified atom stereocenters. The minimum atomic E-state index is -0.0341. The summed E-state index contributed by atoms with van der Waals surface area (Å²) in [7, 11) is 0. The van der Waals surface area contributed by atoms with Crippen LogP contribution in [0.3, 0.4) is 0 Å². The molecule has 0 spiro atoms. The number of piperidine rings is 1. The summed E-state index contributed by atoms with van der Waals surface area (Å²) in [5.74, 6) is 1.60. The van der Waals surface area contributed by atoms with Gasteiger partial charge in [0.25, 0.3) is 0 Å². The molecule has 0 saturated carbocycles. The van der Waals surface area contributed by atoms with E-state index in [2.05, 4.69) is 19.2 Å². The molecule has 1 fully saturated rings. The van der Waals surface area contributed by atoms with E-state index in [0.29, 0.717) is 17.8 Å². The predicted octanol–water partition coefficient (Wildman–Crippen LogP) is 3.56. The molecular formula is C15H22FN. The molecule has 1 aliphatic heterocycles. The van der Waals surface area contributed by atoms with Gasteiger partial charge >= 0.3 is 0 Å². The molecule has 2 atom stereocenters. The molecule has 1 aliphatic rings. The molecule has 2 rings (SSSR count). The Labute approximate surface area is 103 Å². The van der Waals surface area contributed by atoms with E-state index < -0.39 is 0 Å². The number of hydrogen-bond donors (Lipinski definition) is 1. The van der Waals surface area contributed by atoms with Crippen molar-refractivity contribution in [2.24, 2.45) is 11.8 Å². The maximum atomic E-state index is 13.9. The van der Waals surface area contributed by atoms with Gasteiger partial charge in [0.05, 0.1) is 0 Å². The van der Waals surface area contributed by atoms with E-state index in [9.17, 15) is 4.39 Å². The first kappa shape index (κ1) is 12.6. The van der Waals surface area contributed by atoms with Gasteiger partial charge in [-0.2, -0.15) is 0 Å². The summed E-state index contributed by atoms with van der Waals surface area (Å²) in [6.45, 7) is 6.52. The SMILES string of the molecule is CC(C)CC1CNCCC1c1ccccc1F. The molecule has 1 saturated heterocycles. The molecule has 17 heavy (non-hydrogen) atoms. The van der Waals surface area contributed by atoms with Crippen molar-refractivity contribution in [1.29, 1.82) is 0 Å². The summed E-state index contributed by atoms with van der Waals surface area (Å²) < 4.78 is 13.9. The van der Waals surface area contributed by atoms with E-state index in [1.54, 1.807) is 12.1 Å². The van der Waals surface area contributed by atoms with Crippen molar-refractivity contribution >= 4 is 0 Å². The van der Waals surface area contributed by atoms with E-state index in [4.69, 9.17) is 0 Å². The standard InChI is InChI=1S/C15H22FN/c1-11(2)9-12-10-17-8-7-13(12)14-5-3-4-6-15(14)16/h3-6,11-13,17H,7-10H2,1-2H3. The zero-order valence-corrected chi connectivity index (χ0v) is 10.7. The normalized spacial score (nSPS) is 25.2. The van der Waals surface area contributed by atoms with Crippen LogP contribution < -0.4 is 5.32 Å². The van der Waals surface area contributed by atoms with Gasteiger partial charge < -0.3 is 5.32 Å². The average molecular weight is 235 g/mol. The first-order valence-electron chi connectivity index (χ1n) is 6.63. The Hall–Kier alpha value is -0.890. The van der Waals surface area contributed by atoms with Gasteiger partial charge in [0.1, 0.15) is 5.82 Å². The molecule has 0 aromatic heterocycles. The molecule has 1 heterocycles. The molecule has 1 aromatic rings. The van der Waals surface area contributed by atoms with Crippen LogP contribution in [0.5, 0.6) is 0 Å². The van der Waals surface area contributed by atoms with Gasteiger partial charge in [-0.05, 0) is 55.3 Å². The van der Waals surface area contributed by atoms with Crippen LogP contribution in [0, 0.1) is 17.7 Å². The van der Waals surface area contributed by atoms with E-state index in [1.807, 2.05) is 12.1 Å². The van der Waals surface area contributed by atoms with Crippen molar-refractivity contribution in [2.75, 3.05) is 13.1 Å². The van der Waals surface area contributed by atoms with Crippen LogP contribution in [0.2, 0.25) is 0 Å². The van der Waals surface area contributed by atoms with Gasteiger partial charge in [-0.3, -0.25) is 0 Å². The predicted molar refractivity (Wildman–Crippen MR) is 69.6 cm³/mol. The van der Waals surface area contributed by atoms with E-state index in [-0.39, 0.29) is 5.82 Å². The monoisotopic (exact) mass is 235 g/mol. The lowest BCUT2D eigenvalue weighted by Gasteiger charge is -2.33. The summed E-state index contributed by atoms with van der Waals surface area (Å²) in [4.78, 5) is 0. The van der Waals surface area contributed by atoms with Crippen LogP contribution in [-0.2, 0) is 0 Å². The average Bonchev–Trinajstić information content (AvgIpc) is 2.30. The molecule has 0 amide bonds. The van der Waals surface area contributed by atoms with Gasteiger partial charge in [-0.15, -0.1) is 0 Å². The Kier molecular flexibility index (Phi) is 4.16. The third-order valence-electron chi connectivity index (χ3n) is 3.69. The smallest absolute Gasteiger partial charge is 0.126 e. The fraction of sp³-hybridized carbons (Fsp3) is 0.600. The zero-order chi connectivity index (χ0) is 12.3. The Morgan fingerprint density at radius 2 is 2.12 bits per heavy atom. The lowest BCUT2D eigenvalue weighted by atomic mass is 9.77. The highest BCUT2D eigenvalue weighted by molar-refractivity contribution is 5.23. The van der Waals surface area contributed by atoms with Crippen molar-refractivity contribution < 1.29 is 4.39 Å². The van der Waals surface area contributed by atoms with Crippen LogP contribution >= 0.6 is 0 Å². The number of hydrogen-bond acceptors (Lipinski definition) is 1. The van der Waals surface area contributed by atoms with E-state index in [1.165, 1.54) is 6.42 Å². The third-order valence-corrected chi connectivity index (χ3v) is 3.69. The minimum absolute atomic E-state index is 0.0341.